The SMILES string of the molecule is C=CC(=C)OC(COCCCCOC(=O)C=C)COc1ccc(C(=O)OCCc2ccc(CCOC(=O)c3ccc(OC(C)(C)CC(C)(C)OC(=O)C=C)cc3)cc2/C=N/N(CCO)c2nc3ccccc3s2)cc1. The van der Waals surface area contributed by atoms with Crippen molar-refractivity contribution in [2.75, 3.05) is 57.8 Å². The lowest BCUT2D eigenvalue weighted by atomic mass is 9.92. The molecule has 0 saturated carbocycles. The minimum absolute atomic E-state index is 0.0593. The first-order chi connectivity index (χ1) is 36.0. The van der Waals surface area contributed by atoms with Gasteiger partial charge in [0.15, 0.2) is 6.10 Å². The molecular weight excluding hydrogens is 979 g/mol. The second kappa shape index (κ2) is 29.3. The van der Waals surface area contributed by atoms with E-state index in [1.807, 2.05) is 56.3 Å². The van der Waals surface area contributed by atoms with Crippen LogP contribution in [0.25, 0.3) is 10.2 Å². The maximum absolute atomic E-state index is 13.2. The number of allylic oxidation sites excluding steroid dienone is 1. The number of hydrogen-bond donors (Lipinski definition) is 1. The van der Waals surface area contributed by atoms with Crippen molar-refractivity contribution in [3.05, 3.63) is 169 Å². The molecule has 1 N–H and O–H groups in total. The lowest BCUT2D eigenvalue weighted by Gasteiger charge is -2.34. The van der Waals surface area contributed by atoms with Crippen molar-refractivity contribution >= 4 is 56.8 Å². The van der Waals surface area contributed by atoms with Crippen molar-refractivity contribution in [1.82, 2.24) is 4.98 Å². The molecule has 4 aromatic carbocycles. The van der Waals surface area contributed by atoms with Crippen LogP contribution >= 0.6 is 11.3 Å². The Morgan fingerprint density at radius 2 is 1.40 bits per heavy atom. The Bertz CT molecular complexity index is 2720. The number of para-hydroxylation sites is 1. The van der Waals surface area contributed by atoms with E-state index in [4.69, 9.17) is 48.0 Å². The minimum Gasteiger partial charge on any atom is -0.490 e. The predicted octanol–water partition coefficient (Wildman–Crippen LogP) is 9.97. The minimum atomic E-state index is -0.801. The molecular formula is C58H67N3O13S. The Morgan fingerprint density at radius 3 is 2.05 bits per heavy atom. The number of fused-ring (bicyclic) bond motifs is 1. The topological polar surface area (TPSA) is 191 Å². The molecule has 0 aliphatic heterocycles. The Kier molecular flexibility index (Phi) is 22.8. The van der Waals surface area contributed by atoms with Crippen molar-refractivity contribution in [3.8, 4) is 11.5 Å². The second-order valence-electron chi connectivity index (χ2n) is 18.2. The van der Waals surface area contributed by atoms with Gasteiger partial charge in [-0.2, -0.15) is 5.10 Å². The maximum Gasteiger partial charge on any atom is 0.338 e. The molecule has 398 valence electrons. The highest BCUT2D eigenvalue weighted by molar-refractivity contribution is 7.22. The smallest absolute Gasteiger partial charge is 0.338 e. The predicted molar refractivity (Wildman–Crippen MR) is 290 cm³/mol. The van der Waals surface area contributed by atoms with Crippen LogP contribution in [0.5, 0.6) is 11.5 Å². The van der Waals surface area contributed by atoms with Gasteiger partial charge in [-0.15, -0.1) is 0 Å². The average Bonchev–Trinajstić information content (AvgIpc) is 3.83. The summed E-state index contributed by atoms with van der Waals surface area (Å²) in [4.78, 5) is 54.1. The lowest BCUT2D eigenvalue weighted by Crippen LogP contribution is -2.40. The summed E-state index contributed by atoms with van der Waals surface area (Å²) >= 11 is 1.46. The van der Waals surface area contributed by atoms with Crippen molar-refractivity contribution in [2.24, 2.45) is 5.10 Å². The van der Waals surface area contributed by atoms with E-state index in [0.29, 0.717) is 72.2 Å². The summed E-state index contributed by atoms with van der Waals surface area (Å²) in [5.41, 5.74) is 2.44. The van der Waals surface area contributed by atoms with Gasteiger partial charge in [-0.05, 0) is 130 Å². The first-order valence-corrected chi connectivity index (χ1v) is 25.3. The van der Waals surface area contributed by atoms with Gasteiger partial charge in [0.05, 0.1) is 67.1 Å². The van der Waals surface area contributed by atoms with E-state index in [2.05, 4.69) is 26.3 Å². The maximum atomic E-state index is 13.2. The number of anilines is 1. The van der Waals surface area contributed by atoms with Gasteiger partial charge >= 0.3 is 23.9 Å². The third kappa shape index (κ3) is 20.0. The number of thiazole rings is 1. The van der Waals surface area contributed by atoms with E-state index in [0.717, 1.165) is 39.1 Å². The number of ether oxygens (including phenoxy) is 8. The van der Waals surface area contributed by atoms with E-state index in [-0.39, 0.29) is 46.2 Å². The van der Waals surface area contributed by atoms with Crippen LogP contribution in [0, 0.1) is 0 Å². The quantitative estimate of drug-likeness (QED) is 0.00610. The third-order valence-corrected chi connectivity index (χ3v) is 12.0. The number of hydrazone groups is 1. The van der Waals surface area contributed by atoms with Gasteiger partial charge in [0.1, 0.15) is 35.1 Å². The van der Waals surface area contributed by atoms with Crippen LogP contribution in [0.3, 0.4) is 0 Å². The van der Waals surface area contributed by atoms with Gasteiger partial charge in [0, 0.05) is 38.0 Å². The molecule has 0 spiro atoms. The number of aromatic nitrogens is 1. The molecule has 5 rings (SSSR count). The molecule has 16 nitrogen and oxygen atoms in total. The van der Waals surface area contributed by atoms with Crippen molar-refractivity contribution in [2.45, 2.75) is 77.1 Å². The number of nitrogens with zero attached hydrogens (tertiary/aromatic N) is 3. The normalized spacial score (nSPS) is 11.8. The fourth-order valence-corrected chi connectivity index (χ4v) is 8.58. The number of aliphatic hydroxyl groups excluding tert-OH is 1. The van der Waals surface area contributed by atoms with Gasteiger partial charge < -0.3 is 43.0 Å². The molecule has 0 fully saturated rings. The fourth-order valence-electron chi connectivity index (χ4n) is 7.63. The number of esters is 4. The molecule has 1 aromatic heterocycles. The Balaban J connectivity index is 1.19. The van der Waals surface area contributed by atoms with E-state index in [1.165, 1.54) is 17.4 Å². The first kappa shape index (κ1) is 58.3. The van der Waals surface area contributed by atoms with Crippen LogP contribution in [0.4, 0.5) is 5.13 Å². The van der Waals surface area contributed by atoms with E-state index in [1.54, 1.807) is 73.6 Å². The molecule has 17 heteroatoms. The zero-order valence-electron chi connectivity index (χ0n) is 43.2. The number of rotatable bonds is 33. The van der Waals surface area contributed by atoms with Crippen LogP contribution in [0.1, 0.15) is 84.4 Å². The Hall–Kier alpha value is -7.60. The summed E-state index contributed by atoms with van der Waals surface area (Å²) in [5, 5.41) is 17.0. The summed E-state index contributed by atoms with van der Waals surface area (Å²) in [5.74, 6) is -0.589. The largest absolute Gasteiger partial charge is 0.490 e. The Morgan fingerprint density at radius 1 is 0.747 bits per heavy atom. The monoisotopic (exact) mass is 1050 g/mol. The molecule has 0 radical (unpaired) electrons. The van der Waals surface area contributed by atoms with Gasteiger partial charge in [-0.25, -0.2) is 29.2 Å². The standard InChI is InChI=1S/C58H67N3O13S/c1-9-41(4)72-49(38-67-32-14-15-33-68-52(63)10-2)39-71-47-24-20-44(21-25-47)55(66)70-35-29-43-19-18-42(36-46(43)37-59-61(30-31-62)56-60-50-16-12-13-17-51(50)75-56)28-34-69-54(65)45-22-26-48(27-23-45)73-57(5,6)40-58(7,8)74-53(64)11-3/h9-13,16-27,36-37,49,62H,1-4,14-15,28-35,38-40H2,5-8H3/b59-37+. The van der Waals surface area contributed by atoms with Crippen LogP contribution < -0.4 is 14.5 Å². The third-order valence-electron chi connectivity index (χ3n) is 10.9. The highest BCUT2D eigenvalue weighted by Crippen LogP contribution is 2.30. The van der Waals surface area contributed by atoms with Gasteiger partial charge in [0.2, 0.25) is 5.13 Å². The number of aliphatic hydroxyl groups is 1. The molecule has 0 aliphatic carbocycles. The summed E-state index contributed by atoms with van der Waals surface area (Å²) in [6.07, 6.45) is 7.39. The lowest BCUT2D eigenvalue weighted by molar-refractivity contribution is -0.154. The Labute approximate surface area is 442 Å². The van der Waals surface area contributed by atoms with Crippen LogP contribution in [0.2, 0.25) is 0 Å². The van der Waals surface area contributed by atoms with Gasteiger partial charge in [-0.3, -0.25) is 0 Å². The molecule has 1 unspecified atom stereocenters. The first-order valence-electron chi connectivity index (χ1n) is 24.5. The molecule has 5 aromatic rings. The zero-order valence-corrected chi connectivity index (χ0v) is 44.0. The molecule has 0 bridgehead atoms. The number of benzene rings is 4. The summed E-state index contributed by atoms with van der Waals surface area (Å²) in [6, 6.07) is 26.8. The number of hydrogen-bond acceptors (Lipinski definition) is 17. The second-order valence-corrected chi connectivity index (χ2v) is 19.2. The van der Waals surface area contributed by atoms with Crippen molar-refractivity contribution < 1.29 is 62.2 Å². The van der Waals surface area contributed by atoms with Gasteiger partial charge in [-0.1, -0.05) is 61.9 Å². The molecule has 0 aliphatic rings. The molecule has 1 atom stereocenters. The van der Waals surface area contributed by atoms with Crippen molar-refractivity contribution in [3.63, 3.8) is 0 Å². The molecule has 1 heterocycles. The summed E-state index contributed by atoms with van der Waals surface area (Å²) < 4.78 is 46.6. The van der Waals surface area contributed by atoms with Crippen LogP contribution in [-0.4, -0.2) is 110 Å². The number of carbonyl (C=O) groups is 4. The molecule has 0 amide bonds. The summed E-state index contributed by atoms with van der Waals surface area (Å²) in [6.45, 7) is 23.0. The highest BCUT2D eigenvalue weighted by Gasteiger charge is 2.33. The van der Waals surface area contributed by atoms with Crippen molar-refractivity contribution in [1.29, 1.82) is 0 Å². The van der Waals surface area contributed by atoms with E-state index in [9.17, 15) is 24.3 Å². The zero-order chi connectivity index (χ0) is 54.2. The summed E-state index contributed by atoms with van der Waals surface area (Å²) in [7, 11) is 0. The van der Waals surface area contributed by atoms with Crippen LogP contribution in [-0.2, 0) is 50.9 Å². The number of carbonyl (C=O) groups excluding carboxylic acids is 4. The van der Waals surface area contributed by atoms with E-state index < -0.39 is 41.2 Å². The van der Waals surface area contributed by atoms with E-state index >= 15 is 0 Å². The molecule has 75 heavy (non-hydrogen) atoms. The van der Waals surface area contributed by atoms with Gasteiger partial charge in [0.25, 0.3) is 0 Å². The molecule has 0 saturated heterocycles. The average molecular weight is 1050 g/mol. The number of unbranched alkanes of at least 4 members (excludes halogenated alkanes) is 1. The fraction of sp³-hybridized carbons (Fsp3) is 0.345. The van der Waals surface area contributed by atoms with Crippen LogP contribution in [0.15, 0.2) is 146 Å². The highest BCUT2D eigenvalue weighted by atomic mass is 32.1.